The van der Waals surface area contributed by atoms with Gasteiger partial charge in [-0.25, -0.2) is 5.01 Å². The minimum Gasteiger partial charge on any atom is -0.358 e. The van der Waals surface area contributed by atoms with Crippen molar-refractivity contribution < 1.29 is 6.22 Å². The molecule has 1 atom stereocenters. The Hall–Kier alpha value is -2.11. The summed E-state index contributed by atoms with van der Waals surface area (Å²) in [5, 5.41) is 10.1. The monoisotopic (exact) mass is 411 g/mol. The number of carbonyl (C=O) groups is 1. The Kier molecular flexibility index (Phi) is 4.87. The molecular weight excluding hydrogens is 378 g/mol. The zero-order valence-electron chi connectivity index (χ0n) is 18.5. The van der Waals surface area contributed by atoms with Crippen LogP contribution < -0.4 is 10.3 Å². The van der Waals surface area contributed by atoms with E-state index in [2.05, 4.69) is 87.8 Å². The van der Waals surface area contributed by atoms with E-state index in [0.717, 1.165) is 23.4 Å². The van der Waals surface area contributed by atoms with E-state index in [4.69, 9.17) is 0 Å². The van der Waals surface area contributed by atoms with Gasteiger partial charge >= 0.3 is 0 Å². The summed E-state index contributed by atoms with van der Waals surface area (Å²) < 4.78 is 0. The second-order valence-corrected chi connectivity index (χ2v) is 10.4. The lowest BCUT2D eigenvalue weighted by molar-refractivity contribution is -0.118. The lowest BCUT2D eigenvalue weighted by Crippen LogP contribution is -2.37. The quantitative estimate of drug-likeness (QED) is 0.655. The van der Waals surface area contributed by atoms with Gasteiger partial charge in [0.25, 0.3) is 0 Å². The molecular formula is C24H33N3OS. The molecule has 156 valence electrons. The standard InChI is InChI=1S/C24H31N3OS.H2/c1-14-8-9-16-20(22(14)27(7)26(5)6)21(23-15(2)10-11-29-23)19-17(25-16)12-24(3,4)13-18(19)28;/h8-11,21,25H,12-13H2,1-7H3;1H. The van der Waals surface area contributed by atoms with E-state index in [1.54, 1.807) is 11.3 Å². The van der Waals surface area contributed by atoms with Crippen LogP contribution in [0.5, 0.6) is 0 Å². The fourth-order valence-corrected chi connectivity index (χ4v) is 5.82. The van der Waals surface area contributed by atoms with Gasteiger partial charge in [0.2, 0.25) is 0 Å². The molecule has 29 heavy (non-hydrogen) atoms. The molecule has 0 amide bonds. The molecule has 1 aromatic carbocycles. The molecule has 1 N–H and O–H groups in total. The molecule has 0 bridgehead atoms. The second kappa shape index (κ2) is 6.99. The van der Waals surface area contributed by atoms with Gasteiger partial charge in [-0.3, -0.25) is 4.79 Å². The molecule has 1 aromatic heterocycles. The number of Topliss-reactive ketones (excluding diaryl/α,β-unsaturated/α-hetero) is 1. The molecule has 2 aromatic rings. The molecule has 4 nitrogen and oxygen atoms in total. The number of carbonyl (C=O) groups excluding carboxylic acids is 1. The first-order valence-electron chi connectivity index (χ1n) is 10.2. The first-order chi connectivity index (χ1) is 13.6. The number of anilines is 2. The highest BCUT2D eigenvalue weighted by Crippen LogP contribution is 2.53. The van der Waals surface area contributed by atoms with Crippen molar-refractivity contribution in [3.8, 4) is 0 Å². The zero-order valence-corrected chi connectivity index (χ0v) is 19.3. The molecule has 5 heteroatoms. The van der Waals surface area contributed by atoms with Gasteiger partial charge in [0.15, 0.2) is 5.78 Å². The number of thiophene rings is 1. The maximum absolute atomic E-state index is 13.5. The molecule has 1 aliphatic heterocycles. The van der Waals surface area contributed by atoms with Crippen molar-refractivity contribution in [2.24, 2.45) is 5.41 Å². The maximum Gasteiger partial charge on any atom is 0.162 e. The number of rotatable bonds is 3. The van der Waals surface area contributed by atoms with E-state index in [9.17, 15) is 4.79 Å². The number of allylic oxidation sites excluding steroid dienone is 2. The Bertz CT molecular complexity index is 1020. The van der Waals surface area contributed by atoms with Crippen molar-refractivity contribution >= 4 is 28.5 Å². The van der Waals surface area contributed by atoms with Crippen molar-refractivity contribution in [2.45, 2.75) is 46.5 Å². The number of fused-ring (bicyclic) bond motifs is 1. The van der Waals surface area contributed by atoms with E-state index in [1.807, 2.05) is 0 Å². The number of hydrogen-bond donors (Lipinski definition) is 1. The number of aryl methyl sites for hydroxylation is 2. The Morgan fingerprint density at radius 3 is 2.45 bits per heavy atom. The molecule has 0 saturated heterocycles. The number of hydrazine groups is 1. The van der Waals surface area contributed by atoms with Gasteiger partial charge in [0.05, 0.1) is 11.6 Å². The van der Waals surface area contributed by atoms with Crippen LogP contribution in [0.2, 0.25) is 0 Å². The zero-order chi connectivity index (χ0) is 21.1. The Balaban J connectivity index is 0.00000256. The van der Waals surface area contributed by atoms with E-state index in [1.165, 1.54) is 27.3 Å². The van der Waals surface area contributed by atoms with Gasteiger partial charge in [-0.1, -0.05) is 19.9 Å². The molecule has 0 saturated carbocycles. The second-order valence-electron chi connectivity index (χ2n) is 9.42. The van der Waals surface area contributed by atoms with E-state index >= 15 is 0 Å². The number of nitrogens with zero attached hydrogens (tertiary/aromatic N) is 2. The van der Waals surface area contributed by atoms with Crippen molar-refractivity contribution in [3.63, 3.8) is 0 Å². The number of ketones is 1. The van der Waals surface area contributed by atoms with Gasteiger partial charge in [0, 0.05) is 56.4 Å². The van der Waals surface area contributed by atoms with Crippen molar-refractivity contribution in [3.05, 3.63) is 56.4 Å². The van der Waals surface area contributed by atoms with Crippen LogP contribution in [0.25, 0.3) is 0 Å². The van der Waals surface area contributed by atoms with Gasteiger partial charge in [-0.05, 0) is 54.3 Å². The number of nitrogens with one attached hydrogen (secondary N) is 1. The molecule has 0 spiro atoms. The molecule has 2 aliphatic rings. The topological polar surface area (TPSA) is 35.6 Å². The average Bonchev–Trinajstić information content (AvgIpc) is 3.04. The highest BCUT2D eigenvalue weighted by Gasteiger charge is 2.42. The smallest absolute Gasteiger partial charge is 0.162 e. The van der Waals surface area contributed by atoms with Gasteiger partial charge in [0.1, 0.15) is 0 Å². The highest BCUT2D eigenvalue weighted by molar-refractivity contribution is 7.10. The molecule has 1 aliphatic carbocycles. The summed E-state index contributed by atoms with van der Waals surface area (Å²) in [7, 11) is 6.20. The van der Waals surface area contributed by atoms with Crippen LogP contribution in [-0.4, -0.2) is 31.9 Å². The van der Waals surface area contributed by atoms with E-state index < -0.39 is 0 Å². The van der Waals surface area contributed by atoms with Crippen LogP contribution >= 0.6 is 11.3 Å². The first kappa shape index (κ1) is 20.2. The van der Waals surface area contributed by atoms with Crippen LogP contribution in [0.4, 0.5) is 11.4 Å². The van der Waals surface area contributed by atoms with Crippen molar-refractivity contribution in [1.82, 2.24) is 5.01 Å². The lowest BCUT2D eigenvalue weighted by atomic mass is 9.69. The predicted molar refractivity (Wildman–Crippen MR) is 125 cm³/mol. The van der Waals surface area contributed by atoms with Gasteiger partial charge in [-0.2, -0.15) is 0 Å². The van der Waals surface area contributed by atoms with Crippen LogP contribution in [0.1, 0.15) is 55.6 Å². The summed E-state index contributed by atoms with van der Waals surface area (Å²) >= 11 is 1.77. The van der Waals surface area contributed by atoms with Gasteiger partial charge < -0.3 is 10.3 Å². The van der Waals surface area contributed by atoms with Crippen LogP contribution in [0, 0.1) is 19.3 Å². The normalized spacial score (nSPS) is 20.4. The highest BCUT2D eigenvalue weighted by atomic mass is 32.1. The van der Waals surface area contributed by atoms with Crippen molar-refractivity contribution in [1.29, 1.82) is 0 Å². The number of hydrogen-bond acceptors (Lipinski definition) is 5. The fraction of sp³-hybridized carbons (Fsp3) is 0.458. The molecule has 1 unspecified atom stereocenters. The third kappa shape index (κ3) is 3.30. The van der Waals surface area contributed by atoms with Crippen LogP contribution in [0.3, 0.4) is 0 Å². The SMILES string of the molecule is Cc1ccsc1C1C2=C(CC(C)(C)CC2=O)Nc2ccc(C)c(N(C)N(C)C)c21.[HH]. The molecule has 4 rings (SSSR count). The Labute approximate surface area is 179 Å². The van der Waals surface area contributed by atoms with E-state index in [-0.39, 0.29) is 18.5 Å². The molecule has 0 fully saturated rings. The average molecular weight is 412 g/mol. The largest absolute Gasteiger partial charge is 0.358 e. The van der Waals surface area contributed by atoms with Crippen molar-refractivity contribution in [2.75, 3.05) is 31.5 Å². The Morgan fingerprint density at radius 2 is 1.83 bits per heavy atom. The van der Waals surface area contributed by atoms with Gasteiger partial charge in [-0.15, -0.1) is 11.3 Å². The minimum atomic E-state index is -0.0119. The lowest BCUT2D eigenvalue weighted by Gasteiger charge is -2.41. The van der Waals surface area contributed by atoms with Crippen LogP contribution in [-0.2, 0) is 4.79 Å². The summed E-state index contributed by atoms with van der Waals surface area (Å²) in [5.41, 5.74) is 8.08. The predicted octanol–water partition coefficient (Wildman–Crippen LogP) is 5.72. The maximum atomic E-state index is 13.5. The van der Waals surface area contributed by atoms with Crippen LogP contribution in [0.15, 0.2) is 34.8 Å². The third-order valence-electron chi connectivity index (χ3n) is 6.29. The molecule has 0 radical (unpaired) electrons. The summed E-state index contributed by atoms with van der Waals surface area (Å²) in [6.45, 7) is 8.70. The fourth-order valence-electron chi connectivity index (χ4n) is 4.78. The molecule has 2 heterocycles. The Morgan fingerprint density at radius 1 is 1.10 bits per heavy atom. The number of benzene rings is 1. The summed E-state index contributed by atoms with van der Waals surface area (Å²) in [4.78, 5) is 14.7. The van der Waals surface area contributed by atoms with E-state index in [0.29, 0.717) is 6.42 Å². The third-order valence-corrected chi connectivity index (χ3v) is 7.37. The summed E-state index contributed by atoms with van der Waals surface area (Å²) in [5.74, 6) is 0.273. The summed E-state index contributed by atoms with van der Waals surface area (Å²) in [6.07, 6.45) is 1.51. The minimum absolute atomic E-state index is 0. The summed E-state index contributed by atoms with van der Waals surface area (Å²) in [6, 6.07) is 6.54. The first-order valence-corrected chi connectivity index (χ1v) is 11.1.